The van der Waals surface area contributed by atoms with Crippen molar-refractivity contribution in [1.82, 2.24) is 0 Å². The average Bonchev–Trinajstić information content (AvgIpc) is 2.16. The lowest BCUT2D eigenvalue weighted by atomic mass is 10.3. The summed E-state index contributed by atoms with van der Waals surface area (Å²) < 4.78 is 5.15. The molecule has 0 heterocycles. The molecule has 1 rings (SSSR count). The first-order valence-corrected chi connectivity index (χ1v) is 3.79. The van der Waals surface area contributed by atoms with Crippen molar-refractivity contribution in [2.24, 2.45) is 0 Å². The highest BCUT2D eigenvalue weighted by atomic mass is 16.5. The fourth-order valence-corrected chi connectivity index (χ4v) is 0.762. The maximum Gasteiger partial charge on any atom is 0.119 e. The first-order chi connectivity index (χ1) is 5.83. The predicted molar refractivity (Wildman–Crippen MR) is 45.0 cm³/mol. The molecule has 0 aromatic heterocycles. The zero-order chi connectivity index (χ0) is 8.81. The maximum atomic E-state index is 8.94. The summed E-state index contributed by atoms with van der Waals surface area (Å²) in [6, 6.07) is 9.17. The van der Waals surface area contributed by atoms with Gasteiger partial charge in [-0.05, 0) is 12.1 Å². The second kappa shape index (κ2) is 4.74. The van der Waals surface area contributed by atoms with Crippen LogP contribution in [-0.4, -0.2) is 29.5 Å². The zero-order valence-electron chi connectivity index (χ0n) is 6.68. The van der Waals surface area contributed by atoms with Gasteiger partial charge in [-0.2, -0.15) is 0 Å². The predicted octanol–water partition coefficient (Wildman–Crippen LogP) is 0.419. The van der Waals surface area contributed by atoms with E-state index in [1.54, 1.807) is 12.1 Å². The Kier molecular flexibility index (Phi) is 3.57. The molecule has 2 N–H and O–H groups in total. The fraction of sp³-hybridized carbons (Fsp3) is 0.333. The number of hydrogen-bond donors (Lipinski definition) is 2. The topological polar surface area (TPSA) is 49.7 Å². The van der Waals surface area contributed by atoms with E-state index in [9.17, 15) is 0 Å². The van der Waals surface area contributed by atoms with E-state index in [4.69, 9.17) is 14.9 Å². The lowest BCUT2D eigenvalue weighted by Gasteiger charge is -2.08. The van der Waals surface area contributed by atoms with E-state index in [0.29, 0.717) is 5.75 Å². The minimum atomic E-state index is -0.801. The van der Waals surface area contributed by atoms with Crippen molar-refractivity contribution in [3.8, 4) is 5.75 Å². The molecule has 66 valence electrons. The Morgan fingerprint density at radius 1 is 1.25 bits per heavy atom. The second-order valence-electron chi connectivity index (χ2n) is 2.46. The van der Waals surface area contributed by atoms with E-state index < -0.39 is 6.10 Å². The molecule has 0 spiro atoms. The number of aliphatic hydroxyl groups excluding tert-OH is 2. The van der Waals surface area contributed by atoms with Crippen molar-refractivity contribution in [3.63, 3.8) is 0 Å². The fourth-order valence-electron chi connectivity index (χ4n) is 0.762. The van der Waals surface area contributed by atoms with E-state index in [-0.39, 0.29) is 13.2 Å². The summed E-state index contributed by atoms with van der Waals surface area (Å²) in [5.74, 6) is 0.699. The standard InChI is InChI=1S/C9H12O3/c10-6-8(11)7-12-9-4-2-1-3-5-9/h1-5,8,10-11H,6-7H2/t8-/m0/s1. The quantitative estimate of drug-likeness (QED) is 0.685. The number of rotatable bonds is 4. The van der Waals surface area contributed by atoms with Gasteiger partial charge >= 0.3 is 0 Å². The molecular formula is C9H12O3. The third kappa shape index (κ3) is 2.90. The van der Waals surface area contributed by atoms with Crippen LogP contribution in [0.1, 0.15) is 0 Å². The third-order valence-electron chi connectivity index (χ3n) is 1.40. The summed E-state index contributed by atoms with van der Waals surface area (Å²) in [6.45, 7) is -0.145. The highest BCUT2D eigenvalue weighted by Crippen LogP contribution is 2.08. The molecule has 0 aliphatic rings. The number of hydrogen-bond acceptors (Lipinski definition) is 3. The number of para-hydroxylation sites is 1. The summed E-state index contributed by atoms with van der Waals surface area (Å²) >= 11 is 0. The van der Waals surface area contributed by atoms with Gasteiger partial charge in [0.2, 0.25) is 0 Å². The molecular weight excluding hydrogens is 156 g/mol. The first-order valence-electron chi connectivity index (χ1n) is 3.79. The molecule has 0 aliphatic carbocycles. The van der Waals surface area contributed by atoms with Crippen LogP contribution in [0, 0.1) is 0 Å². The summed E-state index contributed by atoms with van der Waals surface area (Å²) in [6.07, 6.45) is -0.801. The van der Waals surface area contributed by atoms with Crippen LogP contribution < -0.4 is 4.74 Å². The van der Waals surface area contributed by atoms with Gasteiger partial charge in [-0.1, -0.05) is 18.2 Å². The van der Waals surface area contributed by atoms with Crippen LogP contribution >= 0.6 is 0 Å². The van der Waals surface area contributed by atoms with E-state index >= 15 is 0 Å². The SMILES string of the molecule is OC[C@H](O)COc1ccccc1. The zero-order valence-corrected chi connectivity index (χ0v) is 6.68. The van der Waals surface area contributed by atoms with Crippen molar-refractivity contribution in [2.75, 3.05) is 13.2 Å². The molecule has 0 amide bonds. The van der Waals surface area contributed by atoms with Gasteiger partial charge in [0.25, 0.3) is 0 Å². The van der Waals surface area contributed by atoms with Gasteiger partial charge in [-0.3, -0.25) is 0 Å². The Morgan fingerprint density at radius 2 is 1.92 bits per heavy atom. The van der Waals surface area contributed by atoms with Crippen molar-refractivity contribution < 1.29 is 14.9 Å². The summed E-state index contributed by atoms with van der Waals surface area (Å²) in [5.41, 5.74) is 0. The minimum Gasteiger partial charge on any atom is -0.491 e. The maximum absolute atomic E-state index is 8.94. The van der Waals surface area contributed by atoms with Gasteiger partial charge < -0.3 is 14.9 Å². The summed E-state index contributed by atoms with van der Waals surface area (Å²) in [5, 5.41) is 17.4. The van der Waals surface area contributed by atoms with Crippen LogP contribution in [0.2, 0.25) is 0 Å². The highest BCUT2D eigenvalue weighted by Gasteiger charge is 2.01. The van der Waals surface area contributed by atoms with E-state index in [0.717, 1.165) is 0 Å². The normalized spacial score (nSPS) is 12.5. The van der Waals surface area contributed by atoms with Crippen LogP contribution in [0.5, 0.6) is 5.75 Å². The molecule has 0 aliphatic heterocycles. The lowest BCUT2D eigenvalue weighted by molar-refractivity contribution is 0.0536. The smallest absolute Gasteiger partial charge is 0.119 e. The second-order valence-corrected chi connectivity index (χ2v) is 2.46. The number of aliphatic hydroxyl groups is 2. The van der Waals surface area contributed by atoms with Crippen LogP contribution in [0.3, 0.4) is 0 Å². The van der Waals surface area contributed by atoms with Crippen molar-refractivity contribution >= 4 is 0 Å². The molecule has 0 unspecified atom stereocenters. The van der Waals surface area contributed by atoms with Gasteiger partial charge in [-0.25, -0.2) is 0 Å². The van der Waals surface area contributed by atoms with E-state index in [2.05, 4.69) is 0 Å². The molecule has 0 saturated carbocycles. The Bertz CT molecular complexity index is 210. The Hall–Kier alpha value is -1.06. The van der Waals surface area contributed by atoms with Crippen molar-refractivity contribution in [1.29, 1.82) is 0 Å². The van der Waals surface area contributed by atoms with Crippen LogP contribution in [0.15, 0.2) is 30.3 Å². The molecule has 1 atom stereocenters. The van der Waals surface area contributed by atoms with Crippen molar-refractivity contribution in [3.05, 3.63) is 30.3 Å². The van der Waals surface area contributed by atoms with Crippen molar-refractivity contribution in [2.45, 2.75) is 6.10 Å². The molecule has 0 radical (unpaired) electrons. The van der Waals surface area contributed by atoms with Gasteiger partial charge in [0.05, 0.1) is 6.61 Å². The summed E-state index contributed by atoms with van der Waals surface area (Å²) in [7, 11) is 0. The van der Waals surface area contributed by atoms with E-state index in [1.807, 2.05) is 18.2 Å². The molecule has 0 saturated heterocycles. The molecule has 12 heavy (non-hydrogen) atoms. The minimum absolute atomic E-state index is 0.126. The Labute approximate surface area is 71.2 Å². The first kappa shape index (κ1) is 9.03. The van der Waals surface area contributed by atoms with Gasteiger partial charge in [0, 0.05) is 0 Å². The molecule has 0 fully saturated rings. The molecule has 0 bridgehead atoms. The van der Waals surface area contributed by atoms with Gasteiger partial charge in [-0.15, -0.1) is 0 Å². The summed E-state index contributed by atoms with van der Waals surface area (Å²) in [4.78, 5) is 0. The number of benzene rings is 1. The lowest BCUT2D eigenvalue weighted by Crippen LogP contribution is -2.21. The molecule has 3 heteroatoms. The van der Waals surface area contributed by atoms with Crippen LogP contribution in [0.25, 0.3) is 0 Å². The van der Waals surface area contributed by atoms with Crippen LogP contribution in [0.4, 0.5) is 0 Å². The molecule has 1 aromatic rings. The molecule has 3 nitrogen and oxygen atoms in total. The van der Waals surface area contributed by atoms with Gasteiger partial charge in [0.15, 0.2) is 0 Å². The van der Waals surface area contributed by atoms with Gasteiger partial charge in [0.1, 0.15) is 18.5 Å². The monoisotopic (exact) mass is 168 g/mol. The largest absolute Gasteiger partial charge is 0.491 e. The van der Waals surface area contributed by atoms with Crippen LogP contribution in [-0.2, 0) is 0 Å². The molecule has 1 aromatic carbocycles. The Morgan fingerprint density at radius 3 is 2.50 bits per heavy atom. The Balaban J connectivity index is 2.33. The van der Waals surface area contributed by atoms with E-state index in [1.165, 1.54) is 0 Å². The average molecular weight is 168 g/mol. The number of ether oxygens (including phenoxy) is 1. The third-order valence-corrected chi connectivity index (χ3v) is 1.40. The highest BCUT2D eigenvalue weighted by molar-refractivity contribution is 5.20.